The van der Waals surface area contributed by atoms with E-state index in [-0.39, 0.29) is 17.9 Å². The number of methoxy groups -OCH3 is 1. The predicted octanol–water partition coefficient (Wildman–Crippen LogP) is 0.262. The standard InChI is InChI=1S/C16H21N3O5S/c1-23-16(22)10-5-7-25-15(10)19-6-4-11(14(19)21)18-13(20)12-3-2-9(8-17)24-12/h5,7,9,11-12H,2-4,6,8,17H2,1H3,(H,18,20)/t9-,11?,12+/m1/s1. The second kappa shape index (κ2) is 7.51. The third kappa shape index (κ3) is 3.53. The smallest absolute Gasteiger partial charge is 0.340 e. The molecule has 136 valence electrons. The molecule has 2 aliphatic heterocycles. The topological polar surface area (TPSA) is 111 Å². The Morgan fingerprint density at radius 3 is 2.92 bits per heavy atom. The molecule has 0 radical (unpaired) electrons. The van der Waals surface area contributed by atoms with Gasteiger partial charge in [0.1, 0.15) is 17.1 Å². The van der Waals surface area contributed by atoms with Gasteiger partial charge in [0.25, 0.3) is 0 Å². The van der Waals surface area contributed by atoms with Crippen LogP contribution in [-0.4, -0.2) is 56.2 Å². The van der Waals surface area contributed by atoms with E-state index >= 15 is 0 Å². The van der Waals surface area contributed by atoms with Gasteiger partial charge in [-0.05, 0) is 30.7 Å². The van der Waals surface area contributed by atoms with Crippen molar-refractivity contribution in [3.63, 3.8) is 0 Å². The number of nitrogens with one attached hydrogen (secondary N) is 1. The van der Waals surface area contributed by atoms with E-state index in [9.17, 15) is 14.4 Å². The van der Waals surface area contributed by atoms with Crippen LogP contribution in [0.5, 0.6) is 0 Å². The van der Waals surface area contributed by atoms with Crippen molar-refractivity contribution in [2.75, 3.05) is 25.1 Å². The van der Waals surface area contributed by atoms with Gasteiger partial charge < -0.3 is 25.4 Å². The number of hydrogen-bond acceptors (Lipinski definition) is 7. The van der Waals surface area contributed by atoms with Crippen molar-refractivity contribution >= 4 is 34.1 Å². The number of carbonyl (C=O) groups excluding carboxylic acids is 3. The summed E-state index contributed by atoms with van der Waals surface area (Å²) in [7, 11) is 1.30. The summed E-state index contributed by atoms with van der Waals surface area (Å²) < 4.78 is 10.3. The number of carbonyl (C=O) groups is 3. The van der Waals surface area contributed by atoms with Gasteiger partial charge in [-0.1, -0.05) is 0 Å². The highest BCUT2D eigenvalue weighted by Gasteiger charge is 2.38. The number of nitrogens with two attached hydrogens (primary N) is 1. The Balaban J connectivity index is 1.64. The van der Waals surface area contributed by atoms with Crippen molar-refractivity contribution in [2.24, 2.45) is 5.73 Å². The molecule has 2 fully saturated rings. The molecule has 0 aromatic carbocycles. The number of nitrogens with zero attached hydrogens (tertiary/aromatic N) is 1. The third-order valence-electron chi connectivity index (χ3n) is 4.48. The Morgan fingerprint density at radius 1 is 1.44 bits per heavy atom. The number of amides is 2. The van der Waals surface area contributed by atoms with Crippen LogP contribution in [-0.2, 0) is 19.1 Å². The number of thiophene rings is 1. The Labute approximate surface area is 149 Å². The molecule has 8 nitrogen and oxygen atoms in total. The minimum absolute atomic E-state index is 0.0970. The Hall–Kier alpha value is -1.97. The number of anilines is 1. The lowest BCUT2D eigenvalue weighted by Gasteiger charge is -2.18. The summed E-state index contributed by atoms with van der Waals surface area (Å²) in [5, 5.41) is 5.05. The van der Waals surface area contributed by atoms with Crippen molar-refractivity contribution in [1.29, 1.82) is 0 Å². The van der Waals surface area contributed by atoms with E-state index in [1.165, 1.54) is 23.3 Å². The summed E-state index contributed by atoms with van der Waals surface area (Å²) in [6.45, 7) is 0.819. The Bertz CT molecular complexity index is 676. The number of hydrogen-bond donors (Lipinski definition) is 2. The highest BCUT2D eigenvalue weighted by atomic mass is 32.1. The van der Waals surface area contributed by atoms with Crippen LogP contribution in [0.1, 0.15) is 29.6 Å². The van der Waals surface area contributed by atoms with Gasteiger partial charge in [0.05, 0.1) is 18.8 Å². The fourth-order valence-electron chi connectivity index (χ4n) is 3.13. The predicted molar refractivity (Wildman–Crippen MR) is 91.5 cm³/mol. The van der Waals surface area contributed by atoms with Gasteiger partial charge in [-0.25, -0.2) is 4.79 Å². The van der Waals surface area contributed by atoms with Crippen molar-refractivity contribution in [1.82, 2.24) is 5.32 Å². The van der Waals surface area contributed by atoms with E-state index in [0.29, 0.717) is 36.5 Å². The number of esters is 1. The molecule has 2 aliphatic rings. The normalized spacial score (nSPS) is 26.1. The molecule has 3 N–H and O–H groups in total. The lowest BCUT2D eigenvalue weighted by molar-refractivity contribution is -0.134. The molecular weight excluding hydrogens is 346 g/mol. The average Bonchev–Trinajstić information content (AvgIpc) is 3.34. The first-order valence-electron chi connectivity index (χ1n) is 8.18. The summed E-state index contributed by atoms with van der Waals surface area (Å²) >= 11 is 1.30. The van der Waals surface area contributed by atoms with Gasteiger partial charge in [-0.15, -0.1) is 11.3 Å². The van der Waals surface area contributed by atoms with Crippen molar-refractivity contribution in [2.45, 2.75) is 37.5 Å². The van der Waals surface area contributed by atoms with Crippen LogP contribution < -0.4 is 16.0 Å². The highest BCUT2D eigenvalue weighted by Crippen LogP contribution is 2.32. The number of rotatable bonds is 5. The molecule has 1 aromatic rings. The van der Waals surface area contributed by atoms with E-state index in [1.54, 1.807) is 11.4 Å². The molecule has 1 aromatic heterocycles. The number of ether oxygens (including phenoxy) is 2. The Morgan fingerprint density at radius 2 is 2.24 bits per heavy atom. The Kier molecular flexibility index (Phi) is 5.36. The van der Waals surface area contributed by atoms with Crippen LogP contribution in [0.3, 0.4) is 0 Å². The minimum Gasteiger partial charge on any atom is -0.465 e. The monoisotopic (exact) mass is 367 g/mol. The molecule has 3 atom stereocenters. The molecule has 25 heavy (non-hydrogen) atoms. The zero-order chi connectivity index (χ0) is 18.0. The van der Waals surface area contributed by atoms with E-state index in [1.807, 2.05) is 0 Å². The van der Waals surface area contributed by atoms with Crippen LogP contribution in [0.25, 0.3) is 0 Å². The minimum atomic E-state index is -0.611. The summed E-state index contributed by atoms with van der Waals surface area (Å²) in [6.07, 6.45) is 1.19. The van der Waals surface area contributed by atoms with E-state index < -0.39 is 18.1 Å². The molecule has 3 rings (SSSR count). The summed E-state index contributed by atoms with van der Waals surface area (Å²) in [5.41, 5.74) is 5.91. The second-order valence-electron chi connectivity index (χ2n) is 6.03. The fourth-order valence-corrected chi connectivity index (χ4v) is 4.05. The largest absolute Gasteiger partial charge is 0.465 e. The van der Waals surface area contributed by atoms with Gasteiger partial charge in [-0.2, -0.15) is 0 Å². The summed E-state index contributed by atoms with van der Waals surface area (Å²) in [6, 6.07) is 1.02. The fraction of sp³-hybridized carbons (Fsp3) is 0.562. The maximum Gasteiger partial charge on any atom is 0.340 e. The molecule has 1 unspecified atom stereocenters. The van der Waals surface area contributed by atoms with Crippen LogP contribution in [0.15, 0.2) is 11.4 Å². The molecular formula is C16H21N3O5S. The van der Waals surface area contributed by atoms with Gasteiger partial charge >= 0.3 is 5.97 Å². The van der Waals surface area contributed by atoms with Crippen LogP contribution in [0, 0.1) is 0 Å². The van der Waals surface area contributed by atoms with Crippen LogP contribution >= 0.6 is 11.3 Å². The molecule has 2 amide bonds. The average molecular weight is 367 g/mol. The maximum atomic E-state index is 12.6. The van der Waals surface area contributed by atoms with E-state index in [4.69, 9.17) is 15.2 Å². The second-order valence-corrected chi connectivity index (χ2v) is 6.93. The lowest BCUT2D eigenvalue weighted by Crippen LogP contribution is -2.45. The van der Waals surface area contributed by atoms with Gasteiger partial charge in [0, 0.05) is 13.1 Å². The van der Waals surface area contributed by atoms with Gasteiger partial charge in [0.2, 0.25) is 11.8 Å². The van der Waals surface area contributed by atoms with Crippen LogP contribution in [0.2, 0.25) is 0 Å². The molecule has 3 heterocycles. The molecule has 2 saturated heterocycles. The van der Waals surface area contributed by atoms with Crippen molar-refractivity contribution < 1.29 is 23.9 Å². The van der Waals surface area contributed by atoms with Crippen LogP contribution in [0.4, 0.5) is 5.00 Å². The molecule has 0 bridgehead atoms. The SMILES string of the molecule is COC(=O)c1ccsc1N1CCC(NC(=O)[C@@H]2CC[C@H](CN)O2)C1=O. The van der Waals surface area contributed by atoms with Crippen molar-refractivity contribution in [3.05, 3.63) is 17.0 Å². The summed E-state index contributed by atoms with van der Waals surface area (Å²) in [4.78, 5) is 38.3. The highest BCUT2D eigenvalue weighted by molar-refractivity contribution is 7.14. The van der Waals surface area contributed by atoms with Crippen molar-refractivity contribution in [3.8, 4) is 0 Å². The van der Waals surface area contributed by atoms with Gasteiger partial charge in [0.15, 0.2) is 0 Å². The maximum absolute atomic E-state index is 12.6. The molecule has 0 spiro atoms. The third-order valence-corrected chi connectivity index (χ3v) is 5.42. The van der Waals surface area contributed by atoms with E-state index in [0.717, 1.165) is 6.42 Å². The molecule has 0 saturated carbocycles. The first-order valence-corrected chi connectivity index (χ1v) is 9.06. The summed E-state index contributed by atoms with van der Waals surface area (Å²) in [5.74, 6) is -0.992. The zero-order valence-electron chi connectivity index (χ0n) is 13.9. The molecule has 0 aliphatic carbocycles. The quantitative estimate of drug-likeness (QED) is 0.723. The molecule has 9 heteroatoms. The first kappa shape index (κ1) is 17.8. The van der Waals surface area contributed by atoms with E-state index in [2.05, 4.69) is 5.32 Å². The first-order chi connectivity index (χ1) is 12.0. The zero-order valence-corrected chi connectivity index (χ0v) is 14.7. The van der Waals surface area contributed by atoms with Gasteiger partial charge in [-0.3, -0.25) is 9.59 Å². The lowest BCUT2D eigenvalue weighted by atomic mass is 10.1.